The van der Waals surface area contributed by atoms with Gasteiger partial charge in [0.15, 0.2) is 0 Å². The Hall–Kier alpha value is -2.12. The summed E-state index contributed by atoms with van der Waals surface area (Å²) in [6, 6.07) is 8.67. The zero-order chi connectivity index (χ0) is 18.7. The van der Waals surface area contributed by atoms with E-state index in [-0.39, 0.29) is 11.0 Å². The first-order chi connectivity index (χ1) is 12.4. The first-order valence-electron chi connectivity index (χ1n) is 8.77. The van der Waals surface area contributed by atoms with Crippen molar-refractivity contribution in [3.05, 3.63) is 52.8 Å². The smallest absolute Gasteiger partial charge is 0.276 e. The summed E-state index contributed by atoms with van der Waals surface area (Å²) in [5.74, 6) is 0. The number of nitrogens with one attached hydrogen (secondary N) is 1. The summed E-state index contributed by atoms with van der Waals surface area (Å²) >= 11 is 0. The molecule has 0 spiro atoms. The fourth-order valence-electron chi connectivity index (χ4n) is 3.17. The number of aryl methyl sites for hydroxylation is 2. The highest BCUT2D eigenvalue weighted by atomic mass is 32.2. The van der Waals surface area contributed by atoms with Crippen LogP contribution in [0.5, 0.6) is 0 Å². The summed E-state index contributed by atoms with van der Waals surface area (Å²) in [6.45, 7) is 7.61. The van der Waals surface area contributed by atoms with E-state index >= 15 is 0 Å². The maximum atomic E-state index is 12.3. The van der Waals surface area contributed by atoms with Gasteiger partial charge in [0.2, 0.25) is 0 Å². The van der Waals surface area contributed by atoms with Gasteiger partial charge in [0.25, 0.3) is 10.0 Å². The van der Waals surface area contributed by atoms with Gasteiger partial charge in [-0.25, -0.2) is 4.83 Å². The van der Waals surface area contributed by atoms with Crippen LogP contribution in [0.1, 0.15) is 35.4 Å². The molecule has 1 aromatic carbocycles. The number of aromatic nitrogens is 1. The van der Waals surface area contributed by atoms with Crippen LogP contribution in [0.4, 0.5) is 0 Å². The average molecular weight is 375 g/mol. The second kappa shape index (κ2) is 7.63. The van der Waals surface area contributed by atoms with Crippen molar-refractivity contribution < 1.29 is 13.2 Å². The van der Waals surface area contributed by atoms with Crippen LogP contribution in [0, 0.1) is 20.8 Å². The van der Waals surface area contributed by atoms with Gasteiger partial charge >= 0.3 is 0 Å². The second-order valence-electron chi connectivity index (χ2n) is 6.74. The van der Waals surface area contributed by atoms with Gasteiger partial charge in [-0.05, 0) is 51.8 Å². The minimum atomic E-state index is -3.66. The van der Waals surface area contributed by atoms with Crippen molar-refractivity contribution >= 4 is 16.2 Å². The van der Waals surface area contributed by atoms with Gasteiger partial charge in [0.05, 0.1) is 17.2 Å². The molecule has 1 saturated heterocycles. The Morgan fingerprint density at radius 1 is 1.27 bits per heavy atom. The summed E-state index contributed by atoms with van der Waals surface area (Å²) in [6.07, 6.45) is 4.00. The van der Waals surface area contributed by atoms with E-state index < -0.39 is 10.0 Å². The van der Waals surface area contributed by atoms with Crippen LogP contribution in [0.2, 0.25) is 0 Å². The summed E-state index contributed by atoms with van der Waals surface area (Å²) in [5.41, 5.74) is 4.07. The lowest BCUT2D eigenvalue weighted by atomic mass is 10.2. The lowest BCUT2D eigenvalue weighted by Gasteiger charge is -2.14. The van der Waals surface area contributed by atoms with Crippen molar-refractivity contribution in [3.8, 4) is 0 Å². The molecular formula is C19H25N3O3S. The summed E-state index contributed by atoms with van der Waals surface area (Å²) in [7, 11) is -3.66. The predicted molar refractivity (Wildman–Crippen MR) is 102 cm³/mol. The van der Waals surface area contributed by atoms with E-state index in [9.17, 15) is 8.42 Å². The van der Waals surface area contributed by atoms with Gasteiger partial charge in [-0.15, -0.1) is 0 Å². The van der Waals surface area contributed by atoms with Crippen molar-refractivity contribution in [2.45, 2.75) is 51.2 Å². The molecule has 1 atom stereocenters. The molecule has 1 aliphatic heterocycles. The number of ether oxygens (including phenoxy) is 1. The lowest BCUT2D eigenvalue weighted by Crippen LogP contribution is -2.18. The molecule has 1 aromatic heterocycles. The Bertz CT molecular complexity index is 893. The molecule has 0 amide bonds. The van der Waals surface area contributed by atoms with E-state index in [1.54, 1.807) is 30.5 Å². The summed E-state index contributed by atoms with van der Waals surface area (Å²) in [5, 5.41) is 3.95. The molecule has 0 bridgehead atoms. The van der Waals surface area contributed by atoms with Crippen molar-refractivity contribution in [1.29, 1.82) is 0 Å². The maximum absolute atomic E-state index is 12.3. The van der Waals surface area contributed by atoms with Gasteiger partial charge in [0.1, 0.15) is 0 Å². The molecule has 1 aliphatic rings. The summed E-state index contributed by atoms with van der Waals surface area (Å²) in [4.78, 5) is 2.48. The molecule has 3 rings (SSSR count). The highest BCUT2D eigenvalue weighted by Gasteiger charge is 2.18. The van der Waals surface area contributed by atoms with Crippen molar-refractivity contribution in [3.63, 3.8) is 0 Å². The molecule has 140 valence electrons. The minimum absolute atomic E-state index is 0.198. The van der Waals surface area contributed by atoms with Crippen LogP contribution < -0.4 is 4.83 Å². The van der Waals surface area contributed by atoms with Crippen molar-refractivity contribution in [2.24, 2.45) is 5.10 Å². The van der Waals surface area contributed by atoms with Crippen molar-refractivity contribution in [1.82, 2.24) is 9.40 Å². The Kier molecular flexibility index (Phi) is 5.48. The van der Waals surface area contributed by atoms with Crippen LogP contribution in [-0.4, -0.2) is 31.9 Å². The Labute approximate surface area is 154 Å². The van der Waals surface area contributed by atoms with Crippen LogP contribution in [0.3, 0.4) is 0 Å². The molecule has 7 heteroatoms. The number of rotatable bonds is 6. The first-order valence-corrected chi connectivity index (χ1v) is 10.2. The second-order valence-corrected chi connectivity index (χ2v) is 8.40. The van der Waals surface area contributed by atoms with Gasteiger partial charge in [-0.3, -0.25) is 0 Å². The molecule has 2 heterocycles. The first kappa shape index (κ1) is 18.7. The lowest BCUT2D eigenvalue weighted by molar-refractivity contribution is 0.0962. The number of hydrazone groups is 1. The highest BCUT2D eigenvalue weighted by Crippen LogP contribution is 2.19. The quantitative estimate of drug-likeness (QED) is 0.623. The molecule has 2 aromatic rings. The number of nitrogens with zero attached hydrogens (tertiary/aromatic N) is 2. The Balaban J connectivity index is 1.71. The van der Waals surface area contributed by atoms with Gasteiger partial charge < -0.3 is 9.30 Å². The number of benzene rings is 1. The van der Waals surface area contributed by atoms with Crippen LogP contribution in [0.15, 0.2) is 40.3 Å². The largest absolute Gasteiger partial charge is 0.376 e. The maximum Gasteiger partial charge on any atom is 0.276 e. The number of sulfonamides is 1. The topological polar surface area (TPSA) is 72.7 Å². The molecular weight excluding hydrogens is 350 g/mol. The monoisotopic (exact) mass is 375 g/mol. The van der Waals surface area contributed by atoms with E-state index in [0.717, 1.165) is 48.5 Å². The minimum Gasteiger partial charge on any atom is -0.376 e. The van der Waals surface area contributed by atoms with Crippen molar-refractivity contribution in [2.75, 3.05) is 6.61 Å². The molecule has 0 unspecified atom stereocenters. The van der Waals surface area contributed by atoms with E-state index in [1.807, 2.05) is 26.8 Å². The van der Waals surface area contributed by atoms with Gasteiger partial charge in [0, 0.05) is 30.1 Å². The van der Waals surface area contributed by atoms with Crippen LogP contribution in [-0.2, 0) is 21.3 Å². The van der Waals surface area contributed by atoms with Crippen LogP contribution in [0.25, 0.3) is 0 Å². The van der Waals surface area contributed by atoms with E-state index in [1.165, 1.54) is 0 Å². The summed E-state index contributed by atoms with van der Waals surface area (Å²) < 4.78 is 32.5. The predicted octanol–water partition coefficient (Wildman–Crippen LogP) is 2.90. The Morgan fingerprint density at radius 2 is 2.00 bits per heavy atom. The number of hydrogen-bond donors (Lipinski definition) is 1. The fraction of sp³-hybridized carbons (Fsp3) is 0.421. The zero-order valence-corrected chi connectivity index (χ0v) is 16.2. The molecule has 1 N–H and O–H groups in total. The highest BCUT2D eigenvalue weighted by molar-refractivity contribution is 7.89. The van der Waals surface area contributed by atoms with Gasteiger partial charge in [-0.1, -0.05) is 17.7 Å². The molecule has 0 saturated carbocycles. The SMILES string of the molecule is Cc1ccc(S(=O)(=O)N/N=C\c2cc(C)n(C[C@H]3CCCO3)c2C)cc1. The van der Waals surface area contributed by atoms with Crippen LogP contribution >= 0.6 is 0 Å². The normalized spacial score (nSPS) is 17.9. The molecule has 0 radical (unpaired) electrons. The molecule has 1 fully saturated rings. The fourth-order valence-corrected chi connectivity index (χ4v) is 3.96. The molecule has 26 heavy (non-hydrogen) atoms. The third-order valence-corrected chi connectivity index (χ3v) is 5.97. The van der Waals surface area contributed by atoms with E-state index in [0.29, 0.717) is 0 Å². The number of hydrogen-bond acceptors (Lipinski definition) is 4. The Morgan fingerprint density at radius 3 is 2.65 bits per heavy atom. The molecule has 0 aliphatic carbocycles. The molecule has 6 nitrogen and oxygen atoms in total. The third-order valence-electron chi connectivity index (χ3n) is 4.73. The van der Waals surface area contributed by atoms with Gasteiger partial charge in [-0.2, -0.15) is 13.5 Å². The third kappa shape index (κ3) is 4.16. The average Bonchev–Trinajstić information content (AvgIpc) is 3.19. The van der Waals surface area contributed by atoms with E-state index in [4.69, 9.17) is 4.74 Å². The zero-order valence-electron chi connectivity index (χ0n) is 15.4. The van der Waals surface area contributed by atoms with E-state index in [2.05, 4.69) is 14.5 Å². The standard InChI is InChI=1S/C19H25N3O3S/c1-14-6-8-19(9-7-14)26(23,24)21-20-12-17-11-15(2)22(16(17)3)13-18-5-4-10-25-18/h6-9,11-12,18,21H,4-5,10,13H2,1-3H3/b20-12-/t18-/m1/s1.